The number of Topliss-reactive ketones (excluding diaryl/α,β-unsaturated/α-hetero) is 1. The average molecular weight is 1050 g/mol. The third-order valence-electron chi connectivity index (χ3n) is 13.4. The number of nitrogens with two attached hydrogens (primary N) is 2. The van der Waals surface area contributed by atoms with E-state index in [1.54, 1.807) is 32.5 Å². The quantitative estimate of drug-likeness (QED) is 0.0205. The van der Waals surface area contributed by atoms with Gasteiger partial charge in [0, 0.05) is 92.0 Å². The minimum absolute atomic E-state index is 0.109. The van der Waals surface area contributed by atoms with Crippen LogP contribution >= 0.6 is 0 Å². The van der Waals surface area contributed by atoms with Crippen LogP contribution in [0.15, 0.2) is 65.2 Å². The highest BCUT2D eigenvalue weighted by Gasteiger charge is 2.29. The predicted octanol–water partition coefficient (Wildman–Crippen LogP) is 7.29. The SMILES string of the molecule is COc1cc(Cc2cnc(N)nc2N)cc(OC)c1OCCCCC(=O)CCCCOCCOCCOCCCNC(=O)c1ccc(C(=O)O)c(-c2c3cc(F)c(=[N+]4CCC4)cc-3oc3cc(N4CCC4)c(F)cc23)c1. The largest absolute Gasteiger partial charge is 0.493 e. The first kappa shape index (κ1) is 54.8. The molecular formula is C56H66F2N7O11+. The Bertz CT molecular complexity index is 3040. The van der Waals surface area contributed by atoms with Crippen molar-refractivity contribution < 1.29 is 61.1 Å². The van der Waals surface area contributed by atoms with Gasteiger partial charge < -0.3 is 59.6 Å². The van der Waals surface area contributed by atoms with E-state index in [4.69, 9.17) is 44.3 Å². The van der Waals surface area contributed by atoms with Gasteiger partial charge in [0.2, 0.25) is 17.1 Å². The number of carboxylic acids is 1. The number of anilines is 3. The molecule has 3 aliphatic heterocycles. The number of carbonyl (C=O) groups excluding carboxylic acids is 2. The number of benzene rings is 4. The number of nitrogens with one attached hydrogen (secondary N) is 1. The summed E-state index contributed by atoms with van der Waals surface area (Å²) in [6.45, 7) is 5.84. The van der Waals surface area contributed by atoms with E-state index < -0.39 is 23.5 Å². The summed E-state index contributed by atoms with van der Waals surface area (Å²) < 4.78 is 74.0. The van der Waals surface area contributed by atoms with Gasteiger partial charge in [-0.2, -0.15) is 9.37 Å². The maximum Gasteiger partial charge on any atom is 0.336 e. The van der Waals surface area contributed by atoms with Crippen LogP contribution in [0.1, 0.15) is 89.6 Å². The zero-order valence-corrected chi connectivity index (χ0v) is 43.1. The lowest BCUT2D eigenvalue weighted by Crippen LogP contribution is -2.42. The fraction of sp³-hybridized carbons (Fsp3) is 0.429. The molecule has 2 fully saturated rings. The van der Waals surface area contributed by atoms with Crippen LogP contribution in [0, 0.1) is 11.6 Å². The predicted molar refractivity (Wildman–Crippen MR) is 282 cm³/mol. The van der Waals surface area contributed by atoms with Crippen molar-refractivity contribution in [1.29, 1.82) is 0 Å². The minimum atomic E-state index is -1.26. The highest BCUT2D eigenvalue weighted by molar-refractivity contribution is 6.09. The first-order chi connectivity index (χ1) is 36.9. The van der Waals surface area contributed by atoms with E-state index >= 15 is 8.78 Å². The highest BCUT2D eigenvalue weighted by Crippen LogP contribution is 2.44. The molecule has 0 saturated carbocycles. The lowest BCUT2D eigenvalue weighted by Gasteiger charge is -2.33. The molecule has 1 amide bonds. The lowest BCUT2D eigenvalue weighted by atomic mass is 9.89. The maximum atomic E-state index is 15.8. The van der Waals surface area contributed by atoms with Crippen LogP contribution < -0.4 is 45.8 Å². The molecule has 0 spiro atoms. The second-order valence-corrected chi connectivity index (χ2v) is 18.7. The van der Waals surface area contributed by atoms with Crippen LogP contribution in [0.3, 0.4) is 0 Å². The number of carbonyl (C=O) groups is 3. The average Bonchev–Trinajstić information content (AvgIpc) is 3.41. The molecule has 3 aromatic carbocycles. The van der Waals surface area contributed by atoms with Crippen molar-refractivity contribution in [1.82, 2.24) is 19.9 Å². The first-order valence-electron chi connectivity index (χ1n) is 25.8. The van der Waals surface area contributed by atoms with Crippen molar-refractivity contribution in [3.8, 4) is 39.7 Å². The molecule has 8 rings (SSSR count). The summed E-state index contributed by atoms with van der Waals surface area (Å²) in [5.41, 5.74) is 14.6. The van der Waals surface area contributed by atoms with Crippen LogP contribution in [0.25, 0.3) is 33.4 Å². The number of carboxylic acid groups (broad SMARTS) is 1. The number of aromatic carboxylic acids is 1. The number of ketones is 1. The van der Waals surface area contributed by atoms with Crippen LogP contribution in [0.5, 0.6) is 17.2 Å². The second-order valence-electron chi connectivity index (χ2n) is 18.7. The van der Waals surface area contributed by atoms with Gasteiger partial charge in [-0.3, -0.25) is 9.59 Å². The standard InChI is InChI=1S/C56H65F2N7O11/c1-70-49-27-35(26-37-34-62-56(60)63-53(37)59)28-50(71-2)52(49)75-21-6-4-11-38(66)10-3-5-19-72-22-24-74-25-23-73-20-7-14-61-54(67)36-12-13-39(55(68)69)40(29-36)51-41-30-43(57)45(64-15-8-16-64)32-47(41)76-48-33-46(65-17-9-18-65)44(58)31-42(48)51/h12-13,27-34H,3-11,14-26H2,1-2H3,(H5-,59,60,61,62,63,67,68,69)/p+1. The normalized spacial score (nSPS) is 13.2. The summed E-state index contributed by atoms with van der Waals surface area (Å²) in [5, 5.41) is 13.8. The number of nitrogens with zero attached hydrogens (tertiary/aromatic N) is 4. The molecule has 0 unspecified atom stereocenters. The summed E-state index contributed by atoms with van der Waals surface area (Å²) in [7, 11) is 3.12. The number of halogens is 2. The van der Waals surface area contributed by atoms with Crippen molar-refractivity contribution in [2.24, 2.45) is 0 Å². The Balaban J connectivity index is 0.701. The zero-order valence-electron chi connectivity index (χ0n) is 43.1. The molecule has 0 atom stereocenters. The monoisotopic (exact) mass is 1050 g/mol. The summed E-state index contributed by atoms with van der Waals surface area (Å²) >= 11 is 0. The Hall–Kier alpha value is -7.42. The Kier molecular flexibility index (Phi) is 19.0. The van der Waals surface area contributed by atoms with Gasteiger partial charge in [0.15, 0.2) is 17.3 Å². The summed E-state index contributed by atoms with van der Waals surface area (Å²) in [6, 6.07) is 13.7. The molecule has 18 nitrogen and oxygen atoms in total. The van der Waals surface area contributed by atoms with E-state index in [1.807, 2.05) is 21.6 Å². The first-order valence-corrected chi connectivity index (χ1v) is 25.8. The maximum absolute atomic E-state index is 15.8. The third kappa shape index (κ3) is 13.7. The molecule has 1 aliphatic carbocycles. The van der Waals surface area contributed by atoms with Gasteiger partial charge in [-0.15, -0.1) is 0 Å². The molecule has 2 saturated heterocycles. The third-order valence-corrected chi connectivity index (χ3v) is 13.4. The van der Waals surface area contributed by atoms with Gasteiger partial charge >= 0.3 is 5.97 Å². The van der Waals surface area contributed by atoms with E-state index in [0.717, 1.165) is 36.8 Å². The molecule has 4 heterocycles. The molecule has 1 aromatic heterocycles. The Labute approximate surface area is 439 Å². The molecule has 0 radical (unpaired) electrons. The lowest BCUT2D eigenvalue weighted by molar-refractivity contribution is -0.119. The van der Waals surface area contributed by atoms with E-state index in [0.29, 0.717) is 156 Å². The minimum Gasteiger partial charge on any atom is -0.493 e. The van der Waals surface area contributed by atoms with E-state index in [9.17, 15) is 19.5 Å². The van der Waals surface area contributed by atoms with Gasteiger partial charge in [-0.25, -0.2) is 18.7 Å². The topological polar surface area (TPSA) is 236 Å². The Morgan fingerprint density at radius 2 is 1.47 bits per heavy atom. The molecule has 0 bridgehead atoms. The molecule has 6 N–H and O–H groups in total. The molecule has 4 aromatic rings. The fourth-order valence-corrected chi connectivity index (χ4v) is 9.12. The smallest absolute Gasteiger partial charge is 0.336 e. The second kappa shape index (κ2) is 26.4. The van der Waals surface area contributed by atoms with E-state index in [-0.39, 0.29) is 51.5 Å². The zero-order chi connectivity index (χ0) is 53.6. The van der Waals surface area contributed by atoms with Crippen molar-refractivity contribution in [3.05, 3.63) is 100 Å². The van der Waals surface area contributed by atoms with Gasteiger partial charge in [0.1, 0.15) is 41.9 Å². The molecular weight excluding hydrogens is 985 g/mol. The fourth-order valence-electron chi connectivity index (χ4n) is 9.12. The molecule has 20 heteroatoms. The Morgan fingerprint density at radius 1 is 0.789 bits per heavy atom. The number of methoxy groups -OCH3 is 2. The summed E-state index contributed by atoms with van der Waals surface area (Å²) in [4.78, 5) is 48.6. The number of nitrogen functional groups attached to an aromatic ring is 2. The number of amides is 1. The number of rotatable bonds is 29. The van der Waals surface area contributed by atoms with Crippen LogP contribution in [0.4, 0.5) is 26.2 Å². The number of unbranched alkanes of at least 4 members (excludes halogenated alkanes) is 2. The van der Waals surface area contributed by atoms with Gasteiger partial charge in [0.05, 0.1) is 71.0 Å². The number of hydrogen-bond acceptors (Lipinski definition) is 15. The molecule has 4 aliphatic rings. The summed E-state index contributed by atoms with van der Waals surface area (Å²) in [6.07, 6.45) is 8.23. The van der Waals surface area contributed by atoms with Crippen molar-refractivity contribution >= 4 is 46.1 Å². The van der Waals surface area contributed by atoms with Gasteiger partial charge in [-0.1, -0.05) is 0 Å². The van der Waals surface area contributed by atoms with Crippen LogP contribution in [0.2, 0.25) is 0 Å². The molecule has 404 valence electrons. The molecule has 76 heavy (non-hydrogen) atoms. The number of hydrogen-bond donors (Lipinski definition) is 4. The van der Waals surface area contributed by atoms with Gasteiger partial charge in [0.25, 0.3) is 5.91 Å². The Morgan fingerprint density at radius 3 is 2.11 bits per heavy atom. The van der Waals surface area contributed by atoms with Crippen LogP contribution in [-0.4, -0.2) is 126 Å². The number of ether oxygens (including phenoxy) is 6. The summed E-state index contributed by atoms with van der Waals surface area (Å²) in [5.74, 6) is -0.309. The number of fused-ring (bicyclic) bond motifs is 2. The number of aromatic nitrogens is 2. The van der Waals surface area contributed by atoms with Gasteiger partial charge in [-0.05, 0) is 92.1 Å². The highest BCUT2D eigenvalue weighted by atomic mass is 19.1. The van der Waals surface area contributed by atoms with Crippen LogP contribution in [-0.2, 0) is 25.4 Å². The van der Waals surface area contributed by atoms with E-state index in [2.05, 4.69) is 15.3 Å². The van der Waals surface area contributed by atoms with E-state index in [1.165, 1.54) is 30.3 Å². The van der Waals surface area contributed by atoms with Crippen molar-refractivity contribution in [2.45, 2.75) is 64.2 Å². The van der Waals surface area contributed by atoms with Crippen molar-refractivity contribution in [2.75, 3.05) is 110 Å². The van der Waals surface area contributed by atoms with Crippen molar-refractivity contribution in [3.63, 3.8) is 0 Å².